The van der Waals surface area contributed by atoms with E-state index in [0.29, 0.717) is 6.04 Å². The highest BCUT2D eigenvalue weighted by molar-refractivity contribution is 9.10. The first-order valence-corrected chi connectivity index (χ1v) is 6.69. The molecule has 5 heteroatoms. The molecule has 1 unspecified atom stereocenters. The molecule has 0 aliphatic heterocycles. The van der Waals surface area contributed by atoms with Gasteiger partial charge in [0.15, 0.2) is 5.82 Å². The van der Waals surface area contributed by atoms with Crippen molar-refractivity contribution in [1.29, 1.82) is 0 Å². The minimum absolute atomic E-state index is 0.298. The standard InChI is InChI=1S/C13H17BrN4/c1-8(15-4)11-5-6-16-12(7-11)18-10(3)13(14)9(2)17-18/h5-8,15H,1-4H3. The number of hydrogen-bond acceptors (Lipinski definition) is 3. The number of nitrogens with zero attached hydrogens (tertiary/aromatic N) is 3. The van der Waals surface area contributed by atoms with E-state index in [9.17, 15) is 0 Å². The van der Waals surface area contributed by atoms with E-state index >= 15 is 0 Å². The van der Waals surface area contributed by atoms with E-state index in [2.05, 4.69) is 44.3 Å². The zero-order valence-electron chi connectivity index (χ0n) is 11.0. The molecular weight excluding hydrogens is 292 g/mol. The summed E-state index contributed by atoms with van der Waals surface area (Å²) in [6.45, 7) is 6.13. The molecule has 0 bridgehead atoms. The van der Waals surface area contributed by atoms with Gasteiger partial charge in [0.05, 0.1) is 15.9 Å². The fourth-order valence-corrected chi connectivity index (χ4v) is 2.08. The van der Waals surface area contributed by atoms with Crippen LogP contribution in [0.3, 0.4) is 0 Å². The van der Waals surface area contributed by atoms with Crippen molar-refractivity contribution in [2.24, 2.45) is 0 Å². The smallest absolute Gasteiger partial charge is 0.153 e. The van der Waals surface area contributed by atoms with Gasteiger partial charge in [0.2, 0.25) is 0 Å². The van der Waals surface area contributed by atoms with Crippen molar-refractivity contribution in [3.05, 3.63) is 39.8 Å². The zero-order valence-corrected chi connectivity index (χ0v) is 12.6. The Labute approximate surface area is 116 Å². The minimum atomic E-state index is 0.298. The van der Waals surface area contributed by atoms with Crippen LogP contribution in [-0.2, 0) is 0 Å². The second kappa shape index (κ2) is 5.20. The van der Waals surface area contributed by atoms with Gasteiger partial charge in [-0.1, -0.05) is 0 Å². The summed E-state index contributed by atoms with van der Waals surface area (Å²) in [5.74, 6) is 0.848. The summed E-state index contributed by atoms with van der Waals surface area (Å²) in [6, 6.07) is 4.38. The molecule has 1 N–H and O–H groups in total. The molecule has 0 amide bonds. The Kier molecular flexibility index (Phi) is 3.82. The number of aryl methyl sites for hydroxylation is 1. The fourth-order valence-electron chi connectivity index (χ4n) is 1.83. The lowest BCUT2D eigenvalue weighted by atomic mass is 10.1. The van der Waals surface area contributed by atoms with E-state index in [1.54, 1.807) is 0 Å². The highest BCUT2D eigenvalue weighted by atomic mass is 79.9. The molecule has 0 saturated carbocycles. The van der Waals surface area contributed by atoms with Gasteiger partial charge in [-0.3, -0.25) is 0 Å². The number of nitrogens with one attached hydrogen (secondary N) is 1. The van der Waals surface area contributed by atoms with Crippen molar-refractivity contribution in [2.75, 3.05) is 7.05 Å². The molecule has 96 valence electrons. The SMILES string of the molecule is CNC(C)c1ccnc(-n2nc(C)c(Br)c2C)c1. The maximum atomic E-state index is 4.49. The summed E-state index contributed by atoms with van der Waals surface area (Å²) in [5, 5.41) is 7.72. The molecule has 18 heavy (non-hydrogen) atoms. The first kappa shape index (κ1) is 13.2. The average molecular weight is 309 g/mol. The normalized spacial score (nSPS) is 12.7. The second-order valence-electron chi connectivity index (χ2n) is 4.35. The minimum Gasteiger partial charge on any atom is -0.313 e. The van der Waals surface area contributed by atoms with E-state index < -0.39 is 0 Å². The first-order chi connectivity index (χ1) is 8.54. The van der Waals surface area contributed by atoms with Gasteiger partial charge in [0, 0.05) is 12.2 Å². The van der Waals surface area contributed by atoms with Crippen LogP contribution < -0.4 is 5.32 Å². The molecule has 0 aliphatic rings. The summed E-state index contributed by atoms with van der Waals surface area (Å²) in [5.41, 5.74) is 3.24. The van der Waals surface area contributed by atoms with Crippen LogP contribution in [0.15, 0.2) is 22.8 Å². The molecule has 2 aromatic rings. The van der Waals surface area contributed by atoms with E-state index in [1.807, 2.05) is 37.8 Å². The molecule has 4 nitrogen and oxygen atoms in total. The average Bonchev–Trinajstić information content (AvgIpc) is 2.66. The van der Waals surface area contributed by atoms with Crippen molar-refractivity contribution >= 4 is 15.9 Å². The third-order valence-electron chi connectivity index (χ3n) is 3.12. The number of hydrogen-bond donors (Lipinski definition) is 1. The molecular formula is C13H17BrN4. The molecule has 2 rings (SSSR count). The van der Waals surface area contributed by atoms with Crippen LogP contribution in [0.5, 0.6) is 0 Å². The Morgan fingerprint density at radius 2 is 2.11 bits per heavy atom. The maximum absolute atomic E-state index is 4.49. The third kappa shape index (κ3) is 2.33. The summed E-state index contributed by atoms with van der Waals surface area (Å²) < 4.78 is 2.90. The Hall–Kier alpha value is -1.20. The number of rotatable bonds is 3. The molecule has 0 saturated heterocycles. The van der Waals surface area contributed by atoms with Gasteiger partial charge in [0.25, 0.3) is 0 Å². The van der Waals surface area contributed by atoms with Crippen LogP contribution in [0.2, 0.25) is 0 Å². The van der Waals surface area contributed by atoms with Gasteiger partial charge in [-0.25, -0.2) is 9.67 Å². The number of halogens is 1. The Balaban J connectivity index is 2.48. The van der Waals surface area contributed by atoms with Crippen LogP contribution in [0.4, 0.5) is 0 Å². The molecule has 0 spiro atoms. The predicted molar refractivity (Wildman–Crippen MR) is 76.0 cm³/mol. The van der Waals surface area contributed by atoms with Crippen LogP contribution in [0.25, 0.3) is 5.82 Å². The third-order valence-corrected chi connectivity index (χ3v) is 4.27. The van der Waals surface area contributed by atoms with Gasteiger partial charge < -0.3 is 5.32 Å². The number of pyridine rings is 1. The summed E-state index contributed by atoms with van der Waals surface area (Å²) >= 11 is 3.53. The first-order valence-electron chi connectivity index (χ1n) is 5.90. The van der Waals surface area contributed by atoms with Crippen LogP contribution in [-0.4, -0.2) is 21.8 Å². The molecule has 0 aromatic carbocycles. The van der Waals surface area contributed by atoms with E-state index in [-0.39, 0.29) is 0 Å². The summed E-state index contributed by atoms with van der Waals surface area (Å²) in [6.07, 6.45) is 1.82. The van der Waals surface area contributed by atoms with Gasteiger partial charge >= 0.3 is 0 Å². The lowest BCUT2D eigenvalue weighted by Crippen LogP contribution is -2.13. The summed E-state index contributed by atoms with van der Waals surface area (Å²) in [7, 11) is 1.95. The van der Waals surface area contributed by atoms with Crippen molar-refractivity contribution in [3.8, 4) is 5.82 Å². The highest BCUT2D eigenvalue weighted by Gasteiger charge is 2.12. The van der Waals surface area contributed by atoms with Crippen molar-refractivity contribution < 1.29 is 0 Å². The molecule has 2 heterocycles. The van der Waals surface area contributed by atoms with Crippen molar-refractivity contribution in [2.45, 2.75) is 26.8 Å². The largest absolute Gasteiger partial charge is 0.313 e. The maximum Gasteiger partial charge on any atom is 0.153 e. The molecule has 0 radical (unpaired) electrons. The van der Waals surface area contributed by atoms with Gasteiger partial charge in [-0.05, 0) is 61.4 Å². The lowest BCUT2D eigenvalue weighted by Gasteiger charge is -2.12. The fraction of sp³-hybridized carbons (Fsp3) is 0.385. The van der Waals surface area contributed by atoms with Crippen molar-refractivity contribution in [1.82, 2.24) is 20.1 Å². The monoisotopic (exact) mass is 308 g/mol. The molecule has 2 aromatic heterocycles. The molecule has 1 atom stereocenters. The number of aromatic nitrogens is 3. The highest BCUT2D eigenvalue weighted by Crippen LogP contribution is 2.23. The van der Waals surface area contributed by atoms with Crippen LogP contribution in [0.1, 0.15) is 29.9 Å². The zero-order chi connectivity index (χ0) is 13.3. The summed E-state index contributed by atoms with van der Waals surface area (Å²) in [4.78, 5) is 4.39. The van der Waals surface area contributed by atoms with Crippen molar-refractivity contribution in [3.63, 3.8) is 0 Å². The van der Waals surface area contributed by atoms with Gasteiger partial charge in [-0.2, -0.15) is 5.10 Å². The Morgan fingerprint density at radius 1 is 1.39 bits per heavy atom. The van der Waals surface area contributed by atoms with Gasteiger partial charge in [0.1, 0.15) is 0 Å². The Bertz CT molecular complexity index is 562. The van der Waals surface area contributed by atoms with Gasteiger partial charge in [-0.15, -0.1) is 0 Å². The predicted octanol–water partition coefficient (Wildman–Crippen LogP) is 2.93. The van der Waals surface area contributed by atoms with E-state index in [1.165, 1.54) is 5.56 Å². The lowest BCUT2D eigenvalue weighted by molar-refractivity contribution is 0.649. The quantitative estimate of drug-likeness (QED) is 0.948. The molecule has 0 fully saturated rings. The van der Waals surface area contributed by atoms with E-state index in [0.717, 1.165) is 21.7 Å². The van der Waals surface area contributed by atoms with Crippen LogP contribution >= 0.6 is 15.9 Å². The van der Waals surface area contributed by atoms with E-state index in [4.69, 9.17) is 0 Å². The molecule has 0 aliphatic carbocycles. The topological polar surface area (TPSA) is 42.7 Å². The Morgan fingerprint density at radius 3 is 2.67 bits per heavy atom. The van der Waals surface area contributed by atoms with Crippen LogP contribution in [0, 0.1) is 13.8 Å². The second-order valence-corrected chi connectivity index (χ2v) is 5.15.